The molecule has 3 rings (SSSR count). The molecule has 2 N–H and O–H groups in total. The van der Waals surface area contributed by atoms with Crippen LogP contribution in [0.5, 0.6) is 0 Å². The highest BCUT2D eigenvalue weighted by atomic mass is 16.6. The minimum Gasteiger partial charge on any atom is -0.444 e. The summed E-state index contributed by atoms with van der Waals surface area (Å²) >= 11 is 0. The van der Waals surface area contributed by atoms with Gasteiger partial charge in [-0.25, -0.2) is 4.79 Å². The average molecular weight is 604 g/mol. The molecule has 1 aromatic rings. The third kappa shape index (κ3) is 11.4. The number of hydrogen-bond acceptors (Lipinski definition) is 9. The highest BCUT2D eigenvalue weighted by Gasteiger charge is 2.34. The summed E-state index contributed by atoms with van der Waals surface area (Å²) in [5, 5.41) is 8.88. The van der Waals surface area contributed by atoms with Crippen molar-refractivity contribution < 1.29 is 38.1 Å². The summed E-state index contributed by atoms with van der Waals surface area (Å²) in [4.78, 5) is 56.2. The third-order valence-electron chi connectivity index (χ3n) is 6.58. The first-order chi connectivity index (χ1) is 20.6. The van der Waals surface area contributed by atoms with Crippen LogP contribution >= 0.6 is 0 Å². The second kappa shape index (κ2) is 16.7. The van der Waals surface area contributed by atoms with E-state index >= 15 is 0 Å². The summed E-state index contributed by atoms with van der Waals surface area (Å²) in [5.41, 5.74) is 9.43. The van der Waals surface area contributed by atoms with E-state index in [9.17, 15) is 19.2 Å². The molecule has 2 heterocycles. The van der Waals surface area contributed by atoms with Gasteiger partial charge in [0.15, 0.2) is 0 Å². The number of carbonyl (C=O) groups excluding carboxylic acids is 4. The Morgan fingerprint density at radius 3 is 2.70 bits per heavy atom. The Hall–Kier alpha value is -3.91. The molecule has 4 amide bonds. The first-order valence-electron chi connectivity index (χ1n) is 14.3. The Morgan fingerprint density at radius 1 is 1.19 bits per heavy atom. The average Bonchev–Trinajstić information content (AvgIpc) is 3.25. The summed E-state index contributed by atoms with van der Waals surface area (Å²) in [6.07, 6.45) is 0.282. The van der Waals surface area contributed by atoms with Gasteiger partial charge in [-0.2, -0.15) is 0 Å². The van der Waals surface area contributed by atoms with E-state index in [-0.39, 0.29) is 63.2 Å². The number of nitrogens with zero attached hydrogens (tertiary/aromatic N) is 5. The Kier molecular flexibility index (Phi) is 13.0. The Labute approximate surface area is 250 Å². The number of amides is 4. The number of benzene rings is 1. The van der Waals surface area contributed by atoms with Gasteiger partial charge in [-0.3, -0.25) is 14.4 Å². The van der Waals surface area contributed by atoms with Crippen LogP contribution < -0.4 is 10.6 Å². The zero-order valence-electron chi connectivity index (χ0n) is 25.0. The van der Waals surface area contributed by atoms with Crippen LogP contribution in [0.2, 0.25) is 0 Å². The predicted molar refractivity (Wildman–Crippen MR) is 155 cm³/mol. The lowest BCUT2D eigenvalue weighted by molar-refractivity contribution is -0.124. The molecule has 0 bridgehead atoms. The summed E-state index contributed by atoms with van der Waals surface area (Å²) < 4.78 is 21.8. The molecule has 1 saturated heterocycles. The zero-order valence-corrected chi connectivity index (χ0v) is 25.0. The standard InChI is InChI=1S/C28H41N7O8/c1-28(2,3)43-27(39)34(11-13-41-15-14-40-12-9-31-33-29)10-8-25(37)32-21-4-6-23-20(16-21)17-35(26(23)38)22-5-7-24(36)30-19-42-18-22/h4,6,16,22H,5,7-15,17-19H2,1-3H3,(H,30,36)(H,32,37). The van der Waals surface area contributed by atoms with Crippen LogP contribution in [0.3, 0.4) is 0 Å². The monoisotopic (exact) mass is 603 g/mol. The van der Waals surface area contributed by atoms with Gasteiger partial charge in [0.25, 0.3) is 5.91 Å². The largest absolute Gasteiger partial charge is 0.444 e. The van der Waals surface area contributed by atoms with Crippen molar-refractivity contribution in [2.45, 2.75) is 58.2 Å². The fourth-order valence-corrected chi connectivity index (χ4v) is 4.49. The first-order valence-corrected chi connectivity index (χ1v) is 14.3. The lowest BCUT2D eigenvalue weighted by Crippen LogP contribution is -2.42. The maximum Gasteiger partial charge on any atom is 0.410 e. The topological polar surface area (TPSA) is 184 Å². The number of nitrogens with one attached hydrogen (secondary N) is 2. The van der Waals surface area contributed by atoms with Gasteiger partial charge in [0.2, 0.25) is 11.8 Å². The minimum atomic E-state index is -0.706. The lowest BCUT2D eigenvalue weighted by atomic mass is 10.1. The molecule has 1 aromatic carbocycles. The first kappa shape index (κ1) is 33.6. The molecule has 43 heavy (non-hydrogen) atoms. The Bertz CT molecular complexity index is 1180. The lowest BCUT2D eigenvalue weighted by Gasteiger charge is -2.29. The van der Waals surface area contributed by atoms with Gasteiger partial charge < -0.3 is 39.4 Å². The van der Waals surface area contributed by atoms with Gasteiger partial charge in [-0.15, -0.1) is 0 Å². The number of carbonyl (C=O) groups is 4. The normalized spacial score (nSPS) is 16.8. The molecule has 1 unspecified atom stereocenters. The number of fused-ring (bicyclic) bond motifs is 1. The molecule has 2 aliphatic heterocycles. The summed E-state index contributed by atoms with van der Waals surface area (Å²) in [7, 11) is 0. The van der Waals surface area contributed by atoms with E-state index in [4.69, 9.17) is 24.5 Å². The highest BCUT2D eigenvalue weighted by Crippen LogP contribution is 2.29. The molecule has 15 heteroatoms. The predicted octanol–water partition coefficient (Wildman–Crippen LogP) is 2.80. The van der Waals surface area contributed by atoms with E-state index in [1.807, 2.05) is 0 Å². The Balaban J connectivity index is 1.50. The molecule has 0 aromatic heterocycles. The molecule has 1 atom stereocenters. The second-order valence-electron chi connectivity index (χ2n) is 11.1. The van der Waals surface area contributed by atoms with Crippen LogP contribution in [0, 0.1) is 0 Å². The summed E-state index contributed by atoms with van der Waals surface area (Å²) in [6.45, 7) is 7.78. The van der Waals surface area contributed by atoms with Crippen LogP contribution in [0.1, 0.15) is 56.0 Å². The van der Waals surface area contributed by atoms with E-state index in [1.165, 1.54) is 4.90 Å². The van der Waals surface area contributed by atoms with E-state index < -0.39 is 11.7 Å². The maximum atomic E-state index is 13.0. The minimum absolute atomic E-state index is 0.0192. The van der Waals surface area contributed by atoms with Crippen molar-refractivity contribution in [1.82, 2.24) is 15.1 Å². The summed E-state index contributed by atoms with van der Waals surface area (Å²) in [6, 6.07) is 4.92. The van der Waals surface area contributed by atoms with Crippen molar-refractivity contribution in [1.29, 1.82) is 0 Å². The van der Waals surface area contributed by atoms with Gasteiger partial charge in [0.05, 0.1) is 39.1 Å². The molecule has 1 fully saturated rings. The quantitative estimate of drug-likeness (QED) is 0.141. The number of rotatable bonds is 14. The van der Waals surface area contributed by atoms with Gasteiger partial charge in [-0.05, 0) is 56.5 Å². The third-order valence-corrected chi connectivity index (χ3v) is 6.58. The molecule has 15 nitrogen and oxygen atoms in total. The number of hydrogen-bond donors (Lipinski definition) is 2. The highest BCUT2D eigenvalue weighted by molar-refractivity contribution is 6.00. The molecule has 0 saturated carbocycles. The van der Waals surface area contributed by atoms with Crippen LogP contribution in [0.25, 0.3) is 10.4 Å². The molecule has 0 spiro atoms. The van der Waals surface area contributed by atoms with Gasteiger partial charge in [0, 0.05) is 55.2 Å². The van der Waals surface area contributed by atoms with Crippen LogP contribution in [-0.2, 0) is 35.1 Å². The van der Waals surface area contributed by atoms with Gasteiger partial charge >= 0.3 is 6.09 Å². The number of anilines is 1. The summed E-state index contributed by atoms with van der Waals surface area (Å²) in [5.74, 6) is -0.539. The van der Waals surface area contributed by atoms with Crippen LogP contribution in [-0.4, -0.2) is 105 Å². The fraction of sp³-hybridized carbons (Fsp3) is 0.643. The molecule has 0 aliphatic carbocycles. The van der Waals surface area contributed by atoms with Crippen molar-refractivity contribution >= 4 is 29.5 Å². The van der Waals surface area contributed by atoms with Gasteiger partial charge in [0.1, 0.15) is 12.3 Å². The Morgan fingerprint density at radius 2 is 1.95 bits per heavy atom. The number of azide groups is 1. The SMILES string of the molecule is CC(C)(C)OC(=O)N(CCOCCOCCN=[N+]=[N-])CCC(=O)Nc1ccc2c(c1)CN(C1CCC(=O)NCOC1)C2=O. The van der Waals surface area contributed by atoms with Crippen LogP contribution in [0.15, 0.2) is 23.3 Å². The van der Waals surface area contributed by atoms with E-state index in [0.29, 0.717) is 57.1 Å². The van der Waals surface area contributed by atoms with E-state index in [2.05, 4.69) is 20.7 Å². The smallest absolute Gasteiger partial charge is 0.410 e. The van der Waals surface area contributed by atoms with Crippen molar-refractivity contribution in [2.75, 3.05) is 64.7 Å². The number of ether oxygens (including phenoxy) is 4. The zero-order chi connectivity index (χ0) is 31.2. The van der Waals surface area contributed by atoms with Gasteiger partial charge in [-0.1, -0.05) is 5.11 Å². The van der Waals surface area contributed by atoms with Crippen molar-refractivity contribution in [3.8, 4) is 0 Å². The van der Waals surface area contributed by atoms with Crippen LogP contribution in [0.4, 0.5) is 10.5 Å². The molecule has 236 valence electrons. The van der Waals surface area contributed by atoms with E-state index in [0.717, 1.165) is 5.56 Å². The molecule has 0 radical (unpaired) electrons. The fourth-order valence-electron chi connectivity index (χ4n) is 4.49. The second-order valence-corrected chi connectivity index (χ2v) is 11.1. The molecule has 2 aliphatic rings. The van der Waals surface area contributed by atoms with Crippen molar-refractivity contribution in [3.63, 3.8) is 0 Å². The molecular formula is C28H41N7O8. The maximum absolute atomic E-state index is 13.0. The molecular weight excluding hydrogens is 562 g/mol. The van der Waals surface area contributed by atoms with Crippen molar-refractivity contribution in [2.24, 2.45) is 5.11 Å². The van der Waals surface area contributed by atoms with Crippen molar-refractivity contribution in [3.05, 3.63) is 39.8 Å². The van der Waals surface area contributed by atoms with E-state index in [1.54, 1.807) is 43.9 Å².